The highest BCUT2D eigenvalue weighted by Crippen LogP contribution is 2.48. The SMILES string of the molecule is c1ccc(-c2ccc(-c3ccc(-c4ccc(-c5cc6c7c(cccc7c5)-c5ccccc5-6)cc4)cc3)c3ccccc23)cc1. The molecule has 44 heavy (non-hydrogen) atoms. The number of benzene rings is 8. The van der Waals surface area contributed by atoms with Crippen molar-refractivity contribution in [2.75, 3.05) is 0 Å². The molecule has 0 fully saturated rings. The second-order valence-electron chi connectivity index (χ2n) is 11.7. The van der Waals surface area contributed by atoms with Gasteiger partial charge in [0.15, 0.2) is 0 Å². The van der Waals surface area contributed by atoms with Crippen LogP contribution in [0.1, 0.15) is 0 Å². The summed E-state index contributed by atoms with van der Waals surface area (Å²) < 4.78 is 0. The molecule has 0 amide bonds. The molecule has 8 aromatic rings. The van der Waals surface area contributed by atoms with Crippen molar-refractivity contribution in [3.05, 3.63) is 170 Å². The first-order valence-electron chi connectivity index (χ1n) is 15.3. The van der Waals surface area contributed by atoms with E-state index in [0.29, 0.717) is 0 Å². The van der Waals surface area contributed by atoms with E-state index < -0.39 is 0 Å². The first kappa shape index (κ1) is 24.8. The first-order valence-corrected chi connectivity index (χ1v) is 15.3. The van der Waals surface area contributed by atoms with Crippen molar-refractivity contribution in [2.24, 2.45) is 0 Å². The van der Waals surface area contributed by atoms with Crippen LogP contribution in [-0.4, -0.2) is 0 Å². The molecule has 9 rings (SSSR count). The molecular formula is C44H28. The van der Waals surface area contributed by atoms with E-state index in [1.54, 1.807) is 0 Å². The van der Waals surface area contributed by atoms with Gasteiger partial charge in [-0.2, -0.15) is 0 Å². The van der Waals surface area contributed by atoms with Crippen LogP contribution < -0.4 is 0 Å². The lowest BCUT2D eigenvalue weighted by Crippen LogP contribution is -1.87. The Hall–Kier alpha value is -5.72. The van der Waals surface area contributed by atoms with Crippen molar-refractivity contribution >= 4 is 21.5 Å². The van der Waals surface area contributed by atoms with Gasteiger partial charge in [-0.3, -0.25) is 0 Å². The molecule has 0 nitrogen and oxygen atoms in total. The van der Waals surface area contributed by atoms with Crippen LogP contribution in [0.25, 0.3) is 88.3 Å². The average Bonchev–Trinajstić information content (AvgIpc) is 3.43. The normalized spacial score (nSPS) is 11.6. The lowest BCUT2D eigenvalue weighted by atomic mass is 9.91. The summed E-state index contributed by atoms with van der Waals surface area (Å²) in [5.41, 5.74) is 15.3. The van der Waals surface area contributed by atoms with Crippen molar-refractivity contribution in [1.29, 1.82) is 0 Å². The number of rotatable bonds is 4. The number of hydrogen-bond donors (Lipinski definition) is 0. The molecule has 204 valence electrons. The Bertz CT molecular complexity index is 2340. The van der Waals surface area contributed by atoms with Crippen molar-refractivity contribution in [2.45, 2.75) is 0 Å². The molecule has 8 aromatic carbocycles. The van der Waals surface area contributed by atoms with E-state index in [4.69, 9.17) is 0 Å². The van der Waals surface area contributed by atoms with E-state index in [2.05, 4.69) is 170 Å². The molecule has 0 aromatic heterocycles. The van der Waals surface area contributed by atoms with Gasteiger partial charge >= 0.3 is 0 Å². The molecule has 0 atom stereocenters. The van der Waals surface area contributed by atoms with Crippen LogP contribution in [0, 0.1) is 0 Å². The molecular weight excluding hydrogens is 528 g/mol. The van der Waals surface area contributed by atoms with Crippen LogP contribution >= 0.6 is 0 Å². The van der Waals surface area contributed by atoms with Gasteiger partial charge in [0, 0.05) is 0 Å². The predicted molar refractivity (Wildman–Crippen MR) is 188 cm³/mol. The minimum Gasteiger partial charge on any atom is -0.0622 e. The zero-order valence-corrected chi connectivity index (χ0v) is 24.2. The third-order valence-electron chi connectivity index (χ3n) is 9.24. The third-order valence-corrected chi connectivity index (χ3v) is 9.24. The molecule has 0 unspecified atom stereocenters. The Morgan fingerprint density at radius 2 is 0.705 bits per heavy atom. The highest BCUT2D eigenvalue weighted by atomic mass is 14.2. The van der Waals surface area contributed by atoms with Crippen molar-refractivity contribution in [3.63, 3.8) is 0 Å². The molecule has 0 bridgehead atoms. The van der Waals surface area contributed by atoms with Gasteiger partial charge in [0.1, 0.15) is 0 Å². The van der Waals surface area contributed by atoms with Gasteiger partial charge in [0.25, 0.3) is 0 Å². The summed E-state index contributed by atoms with van der Waals surface area (Å²) in [4.78, 5) is 0. The fourth-order valence-corrected chi connectivity index (χ4v) is 7.10. The van der Waals surface area contributed by atoms with Gasteiger partial charge in [-0.1, -0.05) is 158 Å². The maximum atomic E-state index is 2.37. The zero-order chi connectivity index (χ0) is 29.0. The standard InChI is InChI=1S/C44H28/c1-2-9-32(10-3-1)36-25-26-37(39-13-5-4-12-38(36)39)33-23-21-30(22-24-33)29-17-19-31(20-18-29)35-27-34-11-8-16-42-40-14-6-7-15-41(40)43(28-35)44(34)42/h1-28H. The molecule has 0 saturated carbocycles. The highest BCUT2D eigenvalue weighted by molar-refractivity contribution is 6.16. The molecule has 0 radical (unpaired) electrons. The Labute approximate surface area is 257 Å². The Morgan fingerprint density at radius 3 is 1.34 bits per heavy atom. The number of fused-ring (bicyclic) bond motifs is 4. The topological polar surface area (TPSA) is 0 Å². The fraction of sp³-hybridized carbons (Fsp3) is 0. The molecule has 0 aliphatic heterocycles. The van der Waals surface area contributed by atoms with E-state index in [1.165, 1.54) is 88.3 Å². The van der Waals surface area contributed by atoms with E-state index in [-0.39, 0.29) is 0 Å². The lowest BCUT2D eigenvalue weighted by Gasteiger charge is -2.13. The average molecular weight is 557 g/mol. The summed E-state index contributed by atoms with van der Waals surface area (Å²) in [6, 6.07) is 62.1. The summed E-state index contributed by atoms with van der Waals surface area (Å²) in [6.45, 7) is 0. The fourth-order valence-electron chi connectivity index (χ4n) is 7.10. The minimum atomic E-state index is 1.22. The predicted octanol–water partition coefficient (Wildman–Crippen LogP) is 12.3. The molecule has 0 N–H and O–H groups in total. The first-order chi connectivity index (χ1) is 21.8. The Morgan fingerprint density at radius 1 is 0.227 bits per heavy atom. The molecule has 1 aliphatic rings. The van der Waals surface area contributed by atoms with Gasteiger partial charge < -0.3 is 0 Å². The molecule has 1 aliphatic carbocycles. The second-order valence-corrected chi connectivity index (χ2v) is 11.7. The Balaban J connectivity index is 1.04. The van der Waals surface area contributed by atoms with Crippen LogP contribution in [0.15, 0.2) is 170 Å². The Kier molecular flexibility index (Phi) is 5.61. The van der Waals surface area contributed by atoms with Crippen molar-refractivity contribution < 1.29 is 0 Å². The van der Waals surface area contributed by atoms with Gasteiger partial charge in [0.05, 0.1) is 0 Å². The molecule has 0 heteroatoms. The van der Waals surface area contributed by atoms with Gasteiger partial charge in [-0.25, -0.2) is 0 Å². The summed E-state index contributed by atoms with van der Waals surface area (Å²) in [5, 5.41) is 5.23. The maximum Gasteiger partial charge on any atom is -0.00259 e. The van der Waals surface area contributed by atoms with Crippen LogP contribution in [0.2, 0.25) is 0 Å². The van der Waals surface area contributed by atoms with Gasteiger partial charge in [-0.05, 0) is 100 Å². The maximum absolute atomic E-state index is 2.37. The molecule has 0 spiro atoms. The third kappa shape index (κ3) is 3.92. The van der Waals surface area contributed by atoms with Crippen molar-refractivity contribution in [3.8, 4) is 66.8 Å². The second kappa shape index (κ2) is 9.93. The summed E-state index contributed by atoms with van der Waals surface area (Å²) in [6.07, 6.45) is 0. The van der Waals surface area contributed by atoms with Crippen LogP contribution in [0.3, 0.4) is 0 Å². The van der Waals surface area contributed by atoms with E-state index in [1.807, 2.05) is 0 Å². The zero-order valence-electron chi connectivity index (χ0n) is 24.2. The van der Waals surface area contributed by atoms with Crippen LogP contribution in [-0.2, 0) is 0 Å². The molecule has 0 saturated heterocycles. The quantitative estimate of drug-likeness (QED) is 0.202. The highest BCUT2D eigenvalue weighted by Gasteiger charge is 2.21. The van der Waals surface area contributed by atoms with Crippen LogP contribution in [0.4, 0.5) is 0 Å². The van der Waals surface area contributed by atoms with E-state index in [9.17, 15) is 0 Å². The monoisotopic (exact) mass is 556 g/mol. The number of hydrogen-bond acceptors (Lipinski definition) is 0. The smallest absolute Gasteiger partial charge is 0.00259 e. The van der Waals surface area contributed by atoms with Crippen molar-refractivity contribution in [1.82, 2.24) is 0 Å². The van der Waals surface area contributed by atoms with Gasteiger partial charge in [0.2, 0.25) is 0 Å². The summed E-state index contributed by atoms with van der Waals surface area (Å²) >= 11 is 0. The van der Waals surface area contributed by atoms with Gasteiger partial charge in [-0.15, -0.1) is 0 Å². The molecule has 0 heterocycles. The van der Waals surface area contributed by atoms with E-state index in [0.717, 1.165) is 0 Å². The largest absolute Gasteiger partial charge is 0.0622 e. The van der Waals surface area contributed by atoms with Crippen LogP contribution in [0.5, 0.6) is 0 Å². The lowest BCUT2D eigenvalue weighted by molar-refractivity contribution is 1.59. The summed E-state index contributed by atoms with van der Waals surface area (Å²) in [5.74, 6) is 0. The summed E-state index contributed by atoms with van der Waals surface area (Å²) in [7, 11) is 0. The van der Waals surface area contributed by atoms with E-state index >= 15 is 0 Å². The minimum absolute atomic E-state index is 1.22.